The molecular weight excluding hydrogens is 316 g/mol. The molecule has 1 aliphatic heterocycles. The van der Waals surface area contributed by atoms with Crippen molar-refractivity contribution in [3.63, 3.8) is 0 Å². The van der Waals surface area contributed by atoms with Gasteiger partial charge < -0.3 is 10.6 Å². The second kappa shape index (κ2) is 5.86. The van der Waals surface area contributed by atoms with Crippen LogP contribution in [-0.4, -0.2) is 18.0 Å². The molecule has 1 aromatic rings. The Morgan fingerprint density at radius 2 is 2.05 bits per heavy atom. The molecule has 0 aromatic heterocycles. The molecule has 1 saturated heterocycles. The molecule has 20 heavy (non-hydrogen) atoms. The van der Waals surface area contributed by atoms with Crippen LogP contribution in [0.25, 0.3) is 0 Å². The van der Waals surface area contributed by atoms with Crippen LogP contribution >= 0.6 is 15.9 Å². The molecule has 1 atom stereocenters. The molecular formula is C16H23BrN2O. The summed E-state index contributed by atoms with van der Waals surface area (Å²) in [5.74, 6) is 0.116. The van der Waals surface area contributed by atoms with Crippen molar-refractivity contribution < 1.29 is 4.79 Å². The quantitative estimate of drug-likeness (QED) is 0.883. The lowest BCUT2D eigenvalue weighted by atomic mass is 9.89. The van der Waals surface area contributed by atoms with Gasteiger partial charge in [-0.15, -0.1) is 0 Å². The molecule has 2 N–H and O–H groups in total. The fraction of sp³-hybridized carbons (Fsp3) is 0.562. The Labute approximate surface area is 129 Å². The van der Waals surface area contributed by atoms with Gasteiger partial charge in [0.15, 0.2) is 0 Å². The first kappa shape index (κ1) is 15.5. The molecule has 3 nitrogen and oxygen atoms in total. The first-order valence-corrected chi connectivity index (χ1v) is 8.03. The molecule has 0 radical (unpaired) electrons. The fourth-order valence-electron chi connectivity index (χ4n) is 2.80. The number of hydrogen-bond donors (Lipinski definition) is 2. The Hall–Kier alpha value is -0.870. The van der Waals surface area contributed by atoms with E-state index in [1.54, 1.807) is 0 Å². The van der Waals surface area contributed by atoms with Gasteiger partial charge in [0.2, 0.25) is 5.91 Å². The van der Waals surface area contributed by atoms with E-state index in [0.29, 0.717) is 0 Å². The molecule has 1 aliphatic rings. The summed E-state index contributed by atoms with van der Waals surface area (Å²) in [7, 11) is 0. The molecule has 1 unspecified atom stereocenters. The molecule has 2 rings (SSSR count). The van der Waals surface area contributed by atoms with Crippen LogP contribution in [0, 0.1) is 0 Å². The summed E-state index contributed by atoms with van der Waals surface area (Å²) in [4.78, 5) is 12.7. The molecule has 0 spiro atoms. The zero-order chi connectivity index (χ0) is 14.8. The fourth-order valence-corrected chi connectivity index (χ4v) is 3.07. The molecule has 1 aromatic carbocycles. The van der Waals surface area contributed by atoms with E-state index in [4.69, 9.17) is 0 Å². The molecule has 110 valence electrons. The normalized spacial score (nSPS) is 22.8. The van der Waals surface area contributed by atoms with E-state index in [0.717, 1.165) is 35.8 Å². The van der Waals surface area contributed by atoms with E-state index >= 15 is 0 Å². The number of nitrogens with one attached hydrogen (secondary N) is 2. The van der Waals surface area contributed by atoms with Gasteiger partial charge in [-0.05, 0) is 57.4 Å². The van der Waals surface area contributed by atoms with Crippen molar-refractivity contribution in [2.24, 2.45) is 0 Å². The summed E-state index contributed by atoms with van der Waals surface area (Å²) in [6, 6.07) is 8.11. The maximum Gasteiger partial charge on any atom is 0.240 e. The summed E-state index contributed by atoms with van der Waals surface area (Å²) in [6.07, 6.45) is 2.82. The van der Waals surface area contributed by atoms with Gasteiger partial charge in [0, 0.05) is 4.47 Å². The van der Waals surface area contributed by atoms with Crippen LogP contribution in [-0.2, 0) is 10.3 Å². The summed E-state index contributed by atoms with van der Waals surface area (Å²) >= 11 is 3.44. The van der Waals surface area contributed by atoms with E-state index < -0.39 is 0 Å². The lowest BCUT2D eigenvalue weighted by Gasteiger charge is -2.34. The maximum absolute atomic E-state index is 12.7. The highest BCUT2D eigenvalue weighted by atomic mass is 79.9. The zero-order valence-corrected chi connectivity index (χ0v) is 14.0. The third-order valence-electron chi connectivity index (χ3n) is 4.27. The first-order valence-electron chi connectivity index (χ1n) is 7.23. The van der Waals surface area contributed by atoms with Crippen LogP contribution in [0.2, 0.25) is 0 Å². The second-order valence-corrected chi connectivity index (χ2v) is 6.97. The highest BCUT2D eigenvalue weighted by Crippen LogP contribution is 2.27. The standard InChI is InChI=1S/C16H23BrN2O/c1-4-16(10-5-11-18-16)14(20)19-15(2,3)12-6-8-13(17)9-7-12/h6-9,18H,4-5,10-11H2,1-3H3,(H,19,20). The van der Waals surface area contributed by atoms with Gasteiger partial charge in [-0.1, -0.05) is 35.0 Å². The zero-order valence-electron chi connectivity index (χ0n) is 12.4. The third kappa shape index (κ3) is 3.07. The van der Waals surface area contributed by atoms with E-state index in [2.05, 4.69) is 33.5 Å². The van der Waals surface area contributed by atoms with Crippen LogP contribution in [0.1, 0.15) is 45.6 Å². The van der Waals surface area contributed by atoms with Crippen LogP contribution < -0.4 is 10.6 Å². The SMILES string of the molecule is CCC1(C(=O)NC(C)(C)c2ccc(Br)cc2)CCCN1. The number of hydrogen-bond acceptors (Lipinski definition) is 2. The highest BCUT2D eigenvalue weighted by molar-refractivity contribution is 9.10. The van der Waals surface area contributed by atoms with Gasteiger partial charge in [-0.2, -0.15) is 0 Å². The number of carbonyl (C=O) groups is 1. The van der Waals surface area contributed by atoms with Gasteiger partial charge >= 0.3 is 0 Å². The minimum atomic E-state index is -0.382. The second-order valence-electron chi connectivity index (χ2n) is 6.05. The molecule has 0 saturated carbocycles. The maximum atomic E-state index is 12.7. The van der Waals surface area contributed by atoms with Crippen LogP contribution in [0.5, 0.6) is 0 Å². The lowest BCUT2D eigenvalue weighted by Crippen LogP contribution is -2.57. The number of halogens is 1. The van der Waals surface area contributed by atoms with Crippen molar-refractivity contribution in [1.29, 1.82) is 0 Å². The Balaban J connectivity index is 2.15. The Kier molecular flexibility index (Phi) is 4.55. The van der Waals surface area contributed by atoms with E-state index in [1.165, 1.54) is 0 Å². The van der Waals surface area contributed by atoms with Gasteiger partial charge in [0.25, 0.3) is 0 Å². The minimum Gasteiger partial charge on any atom is -0.346 e. The minimum absolute atomic E-state index is 0.116. The third-order valence-corrected chi connectivity index (χ3v) is 4.80. The summed E-state index contributed by atoms with van der Waals surface area (Å²) in [6.45, 7) is 7.10. The van der Waals surface area contributed by atoms with Crippen LogP contribution in [0.3, 0.4) is 0 Å². The predicted molar refractivity (Wildman–Crippen MR) is 85.6 cm³/mol. The number of benzene rings is 1. The Morgan fingerprint density at radius 1 is 1.40 bits per heavy atom. The van der Waals surface area contributed by atoms with Crippen molar-refractivity contribution in [2.75, 3.05) is 6.54 Å². The van der Waals surface area contributed by atoms with Gasteiger partial charge in [0.1, 0.15) is 0 Å². The monoisotopic (exact) mass is 338 g/mol. The van der Waals surface area contributed by atoms with E-state index in [-0.39, 0.29) is 17.0 Å². The Bertz CT molecular complexity index is 476. The van der Waals surface area contributed by atoms with Crippen molar-refractivity contribution in [1.82, 2.24) is 10.6 Å². The van der Waals surface area contributed by atoms with E-state index in [9.17, 15) is 4.79 Å². The topological polar surface area (TPSA) is 41.1 Å². The van der Waals surface area contributed by atoms with E-state index in [1.807, 2.05) is 38.1 Å². The van der Waals surface area contributed by atoms with Gasteiger partial charge in [0.05, 0.1) is 11.1 Å². The van der Waals surface area contributed by atoms with Crippen LogP contribution in [0.4, 0.5) is 0 Å². The molecule has 1 heterocycles. The van der Waals surface area contributed by atoms with Crippen molar-refractivity contribution in [3.05, 3.63) is 34.3 Å². The largest absolute Gasteiger partial charge is 0.346 e. The number of carbonyl (C=O) groups excluding carboxylic acids is 1. The van der Waals surface area contributed by atoms with Crippen molar-refractivity contribution in [2.45, 2.75) is 51.1 Å². The first-order chi connectivity index (χ1) is 9.39. The van der Waals surface area contributed by atoms with Gasteiger partial charge in [-0.3, -0.25) is 4.79 Å². The molecule has 4 heteroatoms. The number of amides is 1. The van der Waals surface area contributed by atoms with Gasteiger partial charge in [-0.25, -0.2) is 0 Å². The predicted octanol–water partition coefficient (Wildman–Crippen LogP) is 3.33. The lowest BCUT2D eigenvalue weighted by molar-refractivity contribution is -0.129. The molecule has 0 bridgehead atoms. The molecule has 1 amide bonds. The smallest absolute Gasteiger partial charge is 0.240 e. The molecule has 1 fully saturated rings. The molecule has 0 aliphatic carbocycles. The average Bonchev–Trinajstić information content (AvgIpc) is 2.88. The average molecular weight is 339 g/mol. The van der Waals surface area contributed by atoms with Crippen molar-refractivity contribution >= 4 is 21.8 Å². The number of rotatable bonds is 4. The van der Waals surface area contributed by atoms with Crippen molar-refractivity contribution in [3.8, 4) is 0 Å². The summed E-state index contributed by atoms with van der Waals surface area (Å²) in [5, 5.41) is 6.59. The van der Waals surface area contributed by atoms with Crippen LogP contribution in [0.15, 0.2) is 28.7 Å². The highest BCUT2D eigenvalue weighted by Gasteiger charge is 2.41. The summed E-state index contributed by atoms with van der Waals surface area (Å²) in [5.41, 5.74) is 0.356. The summed E-state index contributed by atoms with van der Waals surface area (Å²) < 4.78 is 1.05. The Morgan fingerprint density at radius 3 is 2.55 bits per heavy atom.